The highest BCUT2D eigenvalue weighted by Crippen LogP contribution is 2.05. The second-order valence-corrected chi connectivity index (χ2v) is 5.80. The summed E-state index contributed by atoms with van der Waals surface area (Å²) in [5.74, 6) is -0.00388. The highest BCUT2D eigenvalue weighted by molar-refractivity contribution is 5.85. The molecule has 1 aliphatic rings. The van der Waals surface area contributed by atoms with Gasteiger partial charge >= 0.3 is 0 Å². The SMILES string of the molecule is CCN1CCC(=O)N(CC(=O)NC(C)(C)C)CC1. The molecule has 0 aromatic rings. The van der Waals surface area contributed by atoms with Gasteiger partial charge in [0.15, 0.2) is 0 Å². The first-order valence-corrected chi connectivity index (χ1v) is 6.63. The third-order valence-corrected chi connectivity index (χ3v) is 2.98. The lowest BCUT2D eigenvalue weighted by Gasteiger charge is -2.25. The summed E-state index contributed by atoms with van der Waals surface area (Å²) in [5.41, 5.74) is -0.249. The molecule has 2 amide bonds. The van der Waals surface area contributed by atoms with Crippen LogP contribution in [-0.4, -0.2) is 59.9 Å². The van der Waals surface area contributed by atoms with Crippen LogP contribution in [0.15, 0.2) is 0 Å². The van der Waals surface area contributed by atoms with E-state index in [1.807, 2.05) is 20.8 Å². The first kappa shape index (κ1) is 15.0. The topological polar surface area (TPSA) is 52.7 Å². The van der Waals surface area contributed by atoms with Gasteiger partial charge in [0.05, 0.1) is 6.54 Å². The van der Waals surface area contributed by atoms with E-state index in [0.29, 0.717) is 13.0 Å². The van der Waals surface area contributed by atoms with Crippen molar-refractivity contribution < 1.29 is 9.59 Å². The maximum atomic E-state index is 11.9. The Kier molecular flexibility index (Phi) is 5.14. The summed E-state index contributed by atoms with van der Waals surface area (Å²) in [6.07, 6.45) is 0.511. The van der Waals surface area contributed by atoms with Crippen LogP contribution in [0.2, 0.25) is 0 Å². The molecule has 1 N–H and O–H groups in total. The van der Waals surface area contributed by atoms with E-state index in [1.165, 1.54) is 0 Å². The van der Waals surface area contributed by atoms with E-state index in [-0.39, 0.29) is 23.9 Å². The highest BCUT2D eigenvalue weighted by Gasteiger charge is 2.23. The molecule has 104 valence electrons. The predicted octanol–water partition coefficient (Wildman–Crippen LogP) is 0.455. The monoisotopic (exact) mass is 255 g/mol. The molecule has 0 saturated carbocycles. The van der Waals surface area contributed by atoms with Gasteiger partial charge in [0, 0.05) is 31.6 Å². The lowest BCUT2D eigenvalue weighted by atomic mass is 10.1. The molecule has 0 aromatic heterocycles. The highest BCUT2D eigenvalue weighted by atomic mass is 16.2. The molecule has 1 saturated heterocycles. The van der Waals surface area contributed by atoms with Crippen LogP contribution in [0.25, 0.3) is 0 Å². The molecule has 1 rings (SSSR count). The van der Waals surface area contributed by atoms with Crippen molar-refractivity contribution in [3.63, 3.8) is 0 Å². The second kappa shape index (κ2) is 6.18. The predicted molar refractivity (Wildman–Crippen MR) is 71.2 cm³/mol. The number of rotatable bonds is 3. The first-order valence-electron chi connectivity index (χ1n) is 6.63. The van der Waals surface area contributed by atoms with Crippen molar-refractivity contribution >= 4 is 11.8 Å². The summed E-state index contributed by atoms with van der Waals surface area (Å²) in [6.45, 7) is 11.3. The fourth-order valence-corrected chi connectivity index (χ4v) is 2.03. The van der Waals surface area contributed by atoms with Crippen LogP contribution in [0.1, 0.15) is 34.1 Å². The van der Waals surface area contributed by atoms with Gasteiger partial charge in [-0.2, -0.15) is 0 Å². The Morgan fingerprint density at radius 3 is 2.50 bits per heavy atom. The number of nitrogens with zero attached hydrogens (tertiary/aromatic N) is 2. The molecule has 1 heterocycles. The quantitative estimate of drug-likeness (QED) is 0.797. The molecule has 0 spiro atoms. The average molecular weight is 255 g/mol. The number of carbonyl (C=O) groups excluding carboxylic acids is 2. The van der Waals surface area contributed by atoms with Crippen LogP contribution >= 0.6 is 0 Å². The molecule has 0 unspecified atom stereocenters. The summed E-state index contributed by atoms with van der Waals surface area (Å²) in [5, 5.41) is 2.89. The second-order valence-electron chi connectivity index (χ2n) is 5.80. The van der Waals surface area contributed by atoms with Gasteiger partial charge < -0.3 is 15.1 Å². The van der Waals surface area contributed by atoms with Crippen LogP contribution in [-0.2, 0) is 9.59 Å². The molecule has 0 radical (unpaired) electrons. The summed E-state index contributed by atoms with van der Waals surface area (Å²) < 4.78 is 0. The maximum absolute atomic E-state index is 11.9. The van der Waals surface area contributed by atoms with Gasteiger partial charge in [-0.3, -0.25) is 9.59 Å². The van der Waals surface area contributed by atoms with Gasteiger partial charge in [0.2, 0.25) is 11.8 Å². The number of hydrogen-bond donors (Lipinski definition) is 1. The van der Waals surface area contributed by atoms with Crippen LogP contribution in [0.3, 0.4) is 0 Å². The van der Waals surface area contributed by atoms with Gasteiger partial charge in [-0.15, -0.1) is 0 Å². The Bertz CT molecular complexity index is 310. The maximum Gasteiger partial charge on any atom is 0.240 e. The summed E-state index contributed by atoms with van der Waals surface area (Å²) >= 11 is 0. The number of carbonyl (C=O) groups is 2. The molecular formula is C13H25N3O2. The van der Waals surface area contributed by atoms with Crippen LogP contribution in [0, 0.1) is 0 Å². The van der Waals surface area contributed by atoms with Gasteiger partial charge in [0.1, 0.15) is 0 Å². The molecule has 0 aliphatic carbocycles. The van der Waals surface area contributed by atoms with Crippen molar-refractivity contribution in [1.82, 2.24) is 15.1 Å². The van der Waals surface area contributed by atoms with Crippen molar-refractivity contribution in [3.8, 4) is 0 Å². The average Bonchev–Trinajstić information content (AvgIpc) is 2.40. The van der Waals surface area contributed by atoms with E-state index >= 15 is 0 Å². The van der Waals surface area contributed by atoms with Crippen molar-refractivity contribution in [2.75, 3.05) is 32.7 Å². The smallest absolute Gasteiger partial charge is 0.240 e. The van der Waals surface area contributed by atoms with Crippen LogP contribution in [0.5, 0.6) is 0 Å². The molecule has 18 heavy (non-hydrogen) atoms. The van der Waals surface area contributed by atoms with E-state index < -0.39 is 0 Å². The lowest BCUT2D eigenvalue weighted by molar-refractivity contribution is -0.135. The molecule has 1 aliphatic heterocycles. The van der Waals surface area contributed by atoms with E-state index in [2.05, 4.69) is 17.1 Å². The number of nitrogens with one attached hydrogen (secondary N) is 1. The van der Waals surface area contributed by atoms with E-state index in [1.54, 1.807) is 4.90 Å². The fourth-order valence-electron chi connectivity index (χ4n) is 2.03. The Balaban J connectivity index is 2.50. The van der Waals surface area contributed by atoms with Crippen molar-refractivity contribution in [1.29, 1.82) is 0 Å². The Morgan fingerprint density at radius 2 is 1.94 bits per heavy atom. The van der Waals surface area contributed by atoms with Gasteiger partial charge in [-0.1, -0.05) is 6.92 Å². The van der Waals surface area contributed by atoms with Crippen LogP contribution in [0.4, 0.5) is 0 Å². The minimum absolute atomic E-state index is 0.0787. The minimum Gasteiger partial charge on any atom is -0.350 e. The zero-order valence-electron chi connectivity index (χ0n) is 12.0. The summed E-state index contributed by atoms with van der Waals surface area (Å²) in [4.78, 5) is 27.6. The Hall–Kier alpha value is -1.10. The van der Waals surface area contributed by atoms with Crippen LogP contribution < -0.4 is 5.32 Å². The summed E-state index contributed by atoms with van der Waals surface area (Å²) in [7, 11) is 0. The standard InChI is InChI=1S/C13H25N3O2/c1-5-15-7-6-12(18)16(9-8-15)10-11(17)14-13(2,3)4/h5-10H2,1-4H3,(H,14,17). The van der Waals surface area contributed by atoms with E-state index in [9.17, 15) is 9.59 Å². The molecule has 0 aromatic carbocycles. The van der Waals surface area contributed by atoms with Crippen molar-refractivity contribution in [3.05, 3.63) is 0 Å². The van der Waals surface area contributed by atoms with Crippen molar-refractivity contribution in [2.24, 2.45) is 0 Å². The third-order valence-electron chi connectivity index (χ3n) is 2.98. The zero-order valence-corrected chi connectivity index (χ0v) is 12.0. The van der Waals surface area contributed by atoms with E-state index in [0.717, 1.165) is 19.6 Å². The summed E-state index contributed by atoms with van der Waals surface area (Å²) in [6, 6.07) is 0. The molecule has 5 nitrogen and oxygen atoms in total. The molecule has 0 bridgehead atoms. The number of amides is 2. The normalized spacial score (nSPS) is 18.7. The Morgan fingerprint density at radius 1 is 1.28 bits per heavy atom. The number of hydrogen-bond acceptors (Lipinski definition) is 3. The molecular weight excluding hydrogens is 230 g/mol. The fraction of sp³-hybridized carbons (Fsp3) is 0.846. The third kappa shape index (κ3) is 5.04. The zero-order chi connectivity index (χ0) is 13.8. The minimum atomic E-state index is -0.249. The Labute approximate surface area is 110 Å². The molecule has 1 fully saturated rings. The number of likely N-dealkylation sites (N-methyl/N-ethyl adjacent to an activating group) is 1. The first-order chi connectivity index (χ1) is 8.31. The van der Waals surface area contributed by atoms with E-state index in [4.69, 9.17) is 0 Å². The largest absolute Gasteiger partial charge is 0.350 e. The molecule has 5 heteroatoms. The van der Waals surface area contributed by atoms with Gasteiger partial charge in [-0.25, -0.2) is 0 Å². The lowest BCUT2D eigenvalue weighted by Crippen LogP contribution is -2.47. The van der Waals surface area contributed by atoms with Crippen molar-refractivity contribution in [2.45, 2.75) is 39.7 Å². The molecule has 0 atom stereocenters. The van der Waals surface area contributed by atoms with Gasteiger partial charge in [-0.05, 0) is 27.3 Å². The van der Waals surface area contributed by atoms with Gasteiger partial charge in [0.25, 0.3) is 0 Å².